The molecule has 0 aliphatic rings. The standard InChI is InChI=1S/C16H19N3O3/c1-3-9-17-15(20)11(2)18-16(21)13-10-14(22-19-13)12-7-5-4-6-8-12/h4-8,10-11H,3,9H2,1-2H3,(H,17,20)(H,18,21). The molecule has 1 atom stereocenters. The predicted octanol–water partition coefficient (Wildman–Crippen LogP) is 1.99. The maximum Gasteiger partial charge on any atom is 0.274 e. The van der Waals surface area contributed by atoms with E-state index in [0.29, 0.717) is 12.3 Å². The lowest BCUT2D eigenvalue weighted by Crippen LogP contribution is -2.45. The lowest BCUT2D eigenvalue weighted by molar-refractivity contribution is -0.122. The van der Waals surface area contributed by atoms with E-state index in [1.54, 1.807) is 13.0 Å². The lowest BCUT2D eigenvalue weighted by atomic mass is 10.1. The second kappa shape index (κ2) is 7.40. The second-order valence-corrected chi connectivity index (χ2v) is 4.93. The smallest absolute Gasteiger partial charge is 0.274 e. The van der Waals surface area contributed by atoms with Gasteiger partial charge in [0.25, 0.3) is 5.91 Å². The number of aromatic nitrogens is 1. The minimum Gasteiger partial charge on any atom is -0.355 e. The number of hydrogen-bond donors (Lipinski definition) is 2. The van der Waals surface area contributed by atoms with E-state index in [9.17, 15) is 9.59 Å². The zero-order valence-corrected chi connectivity index (χ0v) is 12.6. The number of rotatable bonds is 6. The maximum atomic E-state index is 12.1. The number of benzene rings is 1. The molecule has 0 radical (unpaired) electrons. The van der Waals surface area contributed by atoms with Crippen LogP contribution in [-0.4, -0.2) is 29.6 Å². The van der Waals surface area contributed by atoms with Crippen molar-refractivity contribution in [3.8, 4) is 11.3 Å². The second-order valence-electron chi connectivity index (χ2n) is 4.93. The first-order chi connectivity index (χ1) is 10.6. The Hall–Kier alpha value is -2.63. The quantitative estimate of drug-likeness (QED) is 0.854. The van der Waals surface area contributed by atoms with E-state index in [1.165, 1.54) is 0 Å². The van der Waals surface area contributed by atoms with E-state index in [-0.39, 0.29) is 11.6 Å². The molecule has 2 N–H and O–H groups in total. The Kier molecular flexibility index (Phi) is 5.30. The van der Waals surface area contributed by atoms with Gasteiger partial charge in [-0.05, 0) is 13.3 Å². The van der Waals surface area contributed by atoms with Gasteiger partial charge in [0.05, 0.1) is 0 Å². The van der Waals surface area contributed by atoms with Gasteiger partial charge in [-0.2, -0.15) is 0 Å². The summed E-state index contributed by atoms with van der Waals surface area (Å²) < 4.78 is 5.17. The predicted molar refractivity (Wildman–Crippen MR) is 82.2 cm³/mol. The number of nitrogens with zero attached hydrogens (tertiary/aromatic N) is 1. The largest absolute Gasteiger partial charge is 0.355 e. The summed E-state index contributed by atoms with van der Waals surface area (Å²) in [6.45, 7) is 4.17. The van der Waals surface area contributed by atoms with E-state index in [4.69, 9.17) is 4.52 Å². The van der Waals surface area contributed by atoms with Crippen LogP contribution in [0.5, 0.6) is 0 Å². The van der Waals surface area contributed by atoms with Gasteiger partial charge in [-0.15, -0.1) is 0 Å². The summed E-state index contributed by atoms with van der Waals surface area (Å²) in [5.41, 5.74) is 0.983. The highest BCUT2D eigenvalue weighted by Crippen LogP contribution is 2.19. The minimum atomic E-state index is -0.629. The Labute approximate surface area is 128 Å². The van der Waals surface area contributed by atoms with Crippen molar-refractivity contribution in [3.05, 3.63) is 42.1 Å². The van der Waals surface area contributed by atoms with E-state index >= 15 is 0 Å². The van der Waals surface area contributed by atoms with Crippen LogP contribution >= 0.6 is 0 Å². The Morgan fingerprint density at radius 1 is 1.27 bits per heavy atom. The summed E-state index contributed by atoms with van der Waals surface area (Å²) in [4.78, 5) is 23.8. The molecule has 116 valence electrons. The molecule has 1 unspecified atom stereocenters. The van der Waals surface area contributed by atoms with E-state index < -0.39 is 11.9 Å². The fourth-order valence-electron chi connectivity index (χ4n) is 1.86. The molecule has 1 aromatic carbocycles. The number of carbonyl (C=O) groups is 2. The van der Waals surface area contributed by atoms with Crippen molar-refractivity contribution in [1.29, 1.82) is 0 Å². The normalized spacial score (nSPS) is 11.7. The summed E-state index contributed by atoms with van der Waals surface area (Å²) in [6.07, 6.45) is 0.843. The Morgan fingerprint density at radius 3 is 2.68 bits per heavy atom. The molecule has 22 heavy (non-hydrogen) atoms. The van der Waals surface area contributed by atoms with Crippen LogP contribution in [0.3, 0.4) is 0 Å². The molecular formula is C16H19N3O3. The molecule has 0 saturated heterocycles. The molecule has 6 nitrogen and oxygen atoms in total. The average molecular weight is 301 g/mol. The van der Waals surface area contributed by atoms with Crippen LogP contribution in [0.2, 0.25) is 0 Å². The van der Waals surface area contributed by atoms with Crippen LogP contribution in [0, 0.1) is 0 Å². The van der Waals surface area contributed by atoms with Crippen molar-refractivity contribution < 1.29 is 14.1 Å². The molecular weight excluding hydrogens is 282 g/mol. The van der Waals surface area contributed by atoms with Crippen LogP contribution in [0.1, 0.15) is 30.8 Å². The summed E-state index contributed by atoms with van der Waals surface area (Å²) >= 11 is 0. The van der Waals surface area contributed by atoms with Crippen molar-refractivity contribution in [3.63, 3.8) is 0 Å². The minimum absolute atomic E-state index is 0.147. The molecule has 2 aromatic rings. The summed E-state index contributed by atoms with van der Waals surface area (Å²) in [5.74, 6) is -0.152. The number of nitrogens with one attached hydrogen (secondary N) is 2. The number of amides is 2. The van der Waals surface area contributed by atoms with Crippen LogP contribution in [-0.2, 0) is 4.79 Å². The molecule has 0 fully saturated rings. The van der Waals surface area contributed by atoms with Crippen LogP contribution in [0.15, 0.2) is 40.9 Å². The third-order valence-electron chi connectivity index (χ3n) is 3.09. The molecule has 0 spiro atoms. The first-order valence-corrected chi connectivity index (χ1v) is 7.22. The van der Waals surface area contributed by atoms with Gasteiger partial charge in [-0.3, -0.25) is 9.59 Å². The Morgan fingerprint density at radius 2 is 2.00 bits per heavy atom. The molecule has 0 aliphatic heterocycles. The van der Waals surface area contributed by atoms with Crippen molar-refractivity contribution in [2.45, 2.75) is 26.3 Å². The first-order valence-electron chi connectivity index (χ1n) is 7.22. The van der Waals surface area contributed by atoms with Gasteiger partial charge in [-0.1, -0.05) is 42.4 Å². The zero-order valence-electron chi connectivity index (χ0n) is 12.6. The Bertz CT molecular complexity index is 637. The van der Waals surface area contributed by atoms with E-state index in [1.807, 2.05) is 37.3 Å². The molecule has 0 aliphatic carbocycles. The van der Waals surface area contributed by atoms with Crippen molar-refractivity contribution in [2.75, 3.05) is 6.54 Å². The fourth-order valence-corrected chi connectivity index (χ4v) is 1.86. The molecule has 0 bridgehead atoms. The first kappa shape index (κ1) is 15.8. The third-order valence-corrected chi connectivity index (χ3v) is 3.09. The summed E-state index contributed by atoms with van der Waals surface area (Å²) in [6, 6.07) is 10.3. The van der Waals surface area contributed by atoms with Crippen molar-refractivity contribution in [1.82, 2.24) is 15.8 Å². The monoisotopic (exact) mass is 301 g/mol. The molecule has 6 heteroatoms. The SMILES string of the molecule is CCCNC(=O)C(C)NC(=O)c1cc(-c2ccccc2)on1. The molecule has 0 saturated carbocycles. The van der Waals surface area contributed by atoms with E-state index in [0.717, 1.165) is 12.0 Å². The van der Waals surface area contributed by atoms with E-state index in [2.05, 4.69) is 15.8 Å². The third kappa shape index (κ3) is 3.94. The van der Waals surface area contributed by atoms with Crippen LogP contribution in [0.25, 0.3) is 11.3 Å². The van der Waals surface area contributed by atoms with Gasteiger partial charge in [0.2, 0.25) is 5.91 Å². The van der Waals surface area contributed by atoms with Gasteiger partial charge < -0.3 is 15.2 Å². The topological polar surface area (TPSA) is 84.2 Å². The molecule has 1 heterocycles. The number of hydrogen-bond acceptors (Lipinski definition) is 4. The summed E-state index contributed by atoms with van der Waals surface area (Å²) in [7, 11) is 0. The zero-order chi connectivity index (χ0) is 15.9. The number of carbonyl (C=O) groups excluding carboxylic acids is 2. The highest BCUT2D eigenvalue weighted by molar-refractivity contribution is 5.96. The van der Waals surface area contributed by atoms with Crippen LogP contribution < -0.4 is 10.6 Å². The average Bonchev–Trinajstić information content (AvgIpc) is 3.03. The Balaban J connectivity index is 1.99. The molecule has 2 rings (SSSR count). The molecule has 2 amide bonds. The van der Waals surface area contributed by atoms with Crippen molar-refractivity contribution >= 4 is 11.8 Å². The lowest BCUT2D eigenvalue weighted by Gasteiger charge is -2.12. The highest BCUT2D eigenvalue weighted by Gasteiger charge is 2.19. The maximum absolute atomic E-state index is 12.1. The fraction of sp³-hybridized carbons (Fsp3) is 0.312. The summed E-state index contributed by atoms with van der Waals surface area (Å²) in [5, 5.41) is 9.07. The highest BCUT2D eigenvalue weighted by atomic mass is 16.5. The van der Waals surface area contributed by atoms with Gasteiger partial charge >= 0.3 is 0 Å². The van der Waals surface area contributed by atoms with Gasteiger partial charge in [0.1, 0.15) is 6.04 Å². The van der Waals surface area contributed by atoms with Gasteiger partial charge in [0.15, 0.2) is 11.5 Å². The van der Waals surface area contributed by atoms with Gasteiger partial charge in [-0.25, -0.2) is 0 Å². The molecule has 1 aromatic heterocycles. The van der Waals surface area contributed by atoms with Crippen LogP contribution in [0.4, 0.5) is 0 Å². The van der Waals surface area contributed by atoms with Gasteiger partial charge in [0, 0.05) is 18.2 Å². The van der Waals surface area contributed by atoms with Crippen molar-refractivity contribution in [2.24, 2.45) is 0 Å².